The molecule has 0 saturated heterocycles. The van der Waals surface area contributed by atoms with Crippen molar-refractivity contribution in [2.45, 2.75) is 19.9 Å². The molecular formula is C4H11BO2S. The molecule has 0 spiro atoms. The number of rotatable bonds is 2. The average molecular weight is 136 g/mol. The van der Waals surface area contributed by atoms with Gasteiger partial charge in [-0.3, -0.25) is 0 Å². The molecule has 1 atom stereocenters. The van der Waals surface area contributed by atoms with Crippen molar-refractivity contribution < 1.29 is 10.2 Å². The molecule has 0 unspecified atom stereocenters. The van der Waals surface area contributed by atoms with Gasteiger partial charge < -0.3 is 10.2 Å². The molecule has 2 N–H and O–H groups in total. The topological polar surface area (TPSA) is 40.5 Å². The Morgan fingerprint density at radius 2 is 2.38 bits per heavy atom. The molecule has 0 heterocycles. The van der Waals surface area contributed by atoms with Crippen LogP contribution < -0.4 is 0 Å². The molecule has 8 heavy (non-hydrogen) atoms. The van der Waals surface area contributed by atoms with Gasteiger partial charge in [-0.2, -0.15) is 0 Å². The summed E-state index contributed by atoms with van der Waals surface area (Å²) in [5.41, 5.74) is 0. The number of aliphatic hydroxyl groups excluding tert-OH is 2. The van der Waals surface area contributed by atoms with Gasteiger partial charge in [-0.05, 0) is 6.92 Å². The van der Waals surface area contributed by atoms with Gasteiger partial charge in [-0.1, -0.05) is 0 Å². The number of hydrogen-bond acceptors (Lipinski definition) is 3. The van der Waals surface area contributed by atoms with E-state index in [9.17, 15) is 0 Å². The van der Waals surface area contributed by atoms with Crippen LogP contribution in [0.3, 0.4) is 0 Å². The molecule has 4 heteroatoms. The van der Waals surface area contributed by atoms with Gasteiger partial charge in [0.25, 0.3) is 0 Å². The Balaban J connectivity index is 0. The average Bonchev–Trinajstić information content (AvgIpc) is 1.67. The molecule has 0 aromatic carbocycles. The molecule has 0 aliphatic heterocycles. The van der Waals surface area contributed by atoms with Gasteiger partial charge in [0.2, 0.25) is 1.43 Å². The van der Waals surface area contributed by atoms with Crippen molar-refractivity contribution >= 4 is 18.2 Å². The van der Waals surface area contributed by atoms with Gasteiger partial charge in [0.1, 0.15) is 0 Å². The molecule has 0 amide bonds. The van der Waals surface area contributed by atoms with E-state index in [1.165, 1.54) is 0 Å². The Morgan fingerprint density at radius 3 is 2.38 bits per heavy atom. The van der Waals surface area contributed by atoms with Crippen LogP contribution in [0.5, 0.6) is 0 Å². The molecule has 0 saturated carbocycles. The normalized spacial score (nSPS) is 12.1. The second kappa shape index (κ2) is 10.2. The van der Waals surface area contributed by atoms with E-state index in [0.29, 0.717) is 0 Å². The molecule has 0 aromatic rings. The van der Waals surface area contributed by atoms with E-state index < -0.39 is 6.10 Å². The summed E-state index contributed by atoms with van der Waals surface area (Å²) >= 11 is 4.27. The van der Waals surface area contributed by atoms with Crippen molar-refractivity contribution in [1.82, 2.24) is 0 Å². The summed E-state index contributed by atoms with van der Waals surface area (Å²) in [4.78, 5) is 0. The summed E-state index contributed by atoms with van der Waals surface area (Å²) in [6.07, 6.45) is 1.07. The summed E-state index contributed by atoms with van der Waals surface area (Å²) in [5, 5.41) is 12.1. The van der Waals surface area contributed by atoms with Crippen molar-refractivity contribution in [3.05, 3.63) is 0 Å². The molecule has 0 aliphatic rings. The fourth-order valence-corrected chi connectivity index (χ4v) is 0. The van der Waals surface area contributed by atoms with Gasteiger partial charge in [-0.25, -0.2) is 0 Å². The van der Waals surface area contributed by atoms with Crippen LogP contribution >= 0.6 is 12.1 Å². The minimum Gasteiger partial charge on any atom is -0.394 e. The fraction of sp³-hybridized carbons (Fsp3) is 1.00. The monoisotopic (exact) mass is 136 g/mol. The van der Waals surface area contributed by atoms with Crippen LogP contribution in [-0.4, -0.2) is 30.5 Å². The van der Waals surface area contributed by atoms with Crippen LogP contribution in [0.2, 0.25) is 6.82 Å². The minimum absolute atomic E-state index is 0.0972. The van der Waals surface area contributed by atoms with E-state index in [0.717, 1.165) is 0 Å². The third kappa shape index (κ3) is 34.6. The van der Waals surface area contributed by atoms with E-state index >= 15 is 0 Å². The minimum atomic E-state index is -0.512. The van der Waals surface area contributed by atoms with Crippen molar-refractivity contribution in [1.29, 1.82) is 1.43 Å². The van der Waals surface area contributed by atoms with Crippen LogP contribution in [0.1, 0.15) is 6.92 Å². The predicted molar refractivity (Wildman–Crippen MR) is 38.0 cm³/mol. The van der Waals surface area contributed by atoms with Crippen LogP contribution in [-0.2, 0) is 0 Å². The van der Waals surface area contributed by atoms with E-state index in [4.69, 9.17) is 6.54 Å². The third-order valence-electron chi connectivity index (χ3n) is 0.241. The zero-order valence-electron chi connectivity index (χ0n) is 6.13. The third-order valence-corrected chi connectivity index (χ3v) is 0.241. The number of hydrogen-bond donors (Lipinski definition) is 2. The Hall–Kier alpha value is 0.205. The standard InChI is InChI=1S/C3H8O2.CH3BS/c1-3(5)2-4;1-2-3/h3-5H,2H2,1H3;1H3/t3-;/m1./s1/i4T;. The Bertz CT molecular complexity index is 62.5. The molecule has 0 fully saturated rings. The van der Waals surface area contributed by atoms with Crippen molar-refractivity contribution in [3.63, 3.8) is 0 Å². The zero-order chi connectivity index (χ0) is 7.70. The summed E-state index contributed by atoms with van der Waals surface area (Å²) in [7, 11) is 0. The molecule has 0 bridgehead atoms. The van der Waals surface area contributed by atoms with E-state index in [-0.39, 0.29) is 6.61 Å². The number of aliphatic hydroxyl groups is 2. The molecule has 0 rings (SSSR count). The largest absolute Gasteiger partial charge is 0.394 e. The van der Waals surface area contributed by atoms with Crippen LogP contribution in [0.4, 0.5) is 0 Å². The van der Waals surface area contributed by atoms with Gasteiger partial charge in [0, 0.05) is 0 Å². The fourth-order valence-electron chi connectivity index (χ4n) is 0. The first-order valence-electron chi connectivity index (χ1n) is 2.75. The Labute approximate surface area is 57.1 Å². The van der Waals surface area contributed by atoms with Gasteiger partial charge in [0.05, 0.1) is 12.7 Å². The van der Waals surface area contributed by atoms with E-state index in [1.807, 2.05) is 6.82 Å². The molecular weight excluding hydrogens is 123 g/mol. The van der Waals surface area contributed by atoms with Crippen LogP contribution in [0.15, 0.2) is 0 Å². The SMILES string of the molecule is CB=S.[3H]OC[C@@H](C)O. The molecule has 48 valence electrons. The maximum Gasteiger partial charge on any atom is 0.210 e. The first-order valence-corrected chi connectivity index (χ1v) is 2.82. The Morgan fingerprint density at radius 1 is 2.00 bits per heavy atom. The maximum atomic E-state index is 8.31. The first-order chi connectivity index (χ1) is 4.18. The van der Waals surface area contributed by atoms with E-state index in [2.05, 4.69) is 17.2 Å². The predicted octanol–water partition coefficient (Wildman–Crippen LogP) is 0.211. The van der Waals surface area contributed by atoms with Gasteiger partial charge in [-0.15, -0.1) is 0 Å². The molecule has 0 radical (unpaired) electrons. The van der Waals surface area contributed by atoms with Gasteiger partial charge >= 0.3 is 25.0 Å². The summed E-state index contributed by atoms with van der Waals surface area (Å²) < 4.78 is 6.07. The van der Waals surface area contributed by atoms with Crippen molar-refractivity contribution in [2.75, 3.05) is 6.61 Å². The van der Waals surface area contributed by atoms with Crippen molar-refractivity contribution in [2.24, 2.45) is 0 Å². The van der Waals surface area contributed by atoms with Gasteiger partial charge in [0.15, 0.2) is 0 Å². The molecule has 0 aliphatic carbocycles. The second-order valence-corrected chi connectivity index (χ2v) is 1.72. The maximum absolute atomic E-state index is 8.31. The van der Waals surface area contributed by atoms with Crippen LogP contribution in [0.25, 0.3) is 0 Å². The van der Waals surface area contributed by atoms with Crippen molar-refractivity contribution in [3.8, 4) is 0 Å². The molecule has 2 nitrogen and oxygen atoms in total. The summed E-state index contributed by atoms with van der Waals surface area (Å²) in [5.74, 6) is 0. The Kier molecular flexibility index (Phi) is 10.5. The smallest absolute Gasteiger partial charge is 0.210 e. The molecule has 0 aromatic heterocycles. The van der Waals surface area contributed by atoms with Crippen LogP contribution in [0, 0.1) is 0 Å². The van der Waals surface area contributed by atoms with E-state index in [1.54, 1.807) is 13.1 Å². The quantitative estimate of drug-likeness (QED) is 0.533. The summed E-state index contributed by atoms with van der Waals surface area (Å²) in [6.45, 7) is 3.48. The summed E-state index contributed by atoms with van der Waals surface area (Å²) in [6, 6.07) is 0. The second-order valence-electron chi connectivity index (χ2n) is 1.25. The zero-order valence-corrected chi connectivity index (χ0v) is 5.94. The first kappa shape index (κ1) is 8.20.